The van der Waals surface area contributed by atoms with E-state index in [0.29, 0.717) is 16.5 Å². The molecule has 3 rings (SSSR count). The lowest BCUT2D eigenvalue weighted by Gasteiger charge is -2.10. The molecule has 0 saturated carbocycles. The lowest BCUT2D eigenvalue weighted by atomic mass is 10.2. The maximum Gasteiger partial charge on any atom is 0.573 e. The first kappa shape index (κ1) is 18.4. The summed E-state index contributed by atoms with van der Waals surface area (Å²) >= 11 is 0. The number of carbonyl (C=O) groups is 1. The third kappa shape index (κ3) is 4.81. The second-order valence-corrected chi connectivity index (χ2v) is 5.54. The van der Waals surface area contributed by atoms with E-state index >= 15 is 0 Å². The van der Waals surface area contributed by atoms with E-state index in [1.807, 2.05) is 0 Å². The average Bonchev–Trinajstić information content (AvgIpc) is 2.62. The molecule has 140 valence electrons. The molecular weight excluding hydrogens is 365 g/mol. The van der Waals surface area contributed by atoms with E-state index in [0.717, 1.165) is 16.8 Å². The Morgan fingerprint density at radius 3 is 2.52 bits per heavy atom. The summed E-state index contributed by atoms with van der Waals surface area (Å²) in [5, 5.41) is 10.5. The molecule has 0 aliphatic carbocycles. The zero-order valence-electron chi connectivity index (χ0n) is 13.7. The number of halogens is 3. The van der Waals surface area contributed by atoms with Crippen LogP contribution >= 0.6 is 0 Å². The summed E-state index contributed by atoms with van der Waals surface area (Å²) in [6, 6.07) is 11.7. The van der Waals surface area contributed by atoms with E-state index in [2.05, 4.69) is 20.4 Å². The number of hydrogen-bond acceptors (Lipinski definition) is 5. The number of benzene rings is 2. The highest BCUT2D eigenvalue weighted by atomic mass is 19.4. The molecule has 2 aromatic carbocycles. The van der Waals surface area contributed by atoms with Gasteiger partial charge < -0.3 is 10.1 Å². The lowest BCUT2D eigenvalue weighted by molar-refractivity contribution is -0.274. The molecule has 27 heavy (non-hydrogen) atoms. The summed E-state index contributed by atoms with van der Waals surface area (Å²) in [6.45, 7) is -0.257. The molecule has 0 saturated heterocycles. The van der Waals surface area contributed by atoms with E-state index in [9.17, 15) is 22.8 Å². The Bertz CT molecular complexity index is 1020. The number of carbonyl (C=O) groups excluding carboxylic acids is 1. The third-order valence-corrected chi connectivity index (χ3v) is 3.57. The molecule has 1 aromatic heterocycles. The van der Waals surface area contributed by atoms with Crippen molar-refractivity contribution in [3.63, 3.8) is 0 Å². The number of rotatable bonds is 5. The average molecular weight is 378 g/mol. The Balaban J connectivity index is 1.60. The van der Waals surface area contributed by atoms with Gasteiger partial charge in [-0.25, -0.2) is 4.68 Å². The van der Waals surface area contributed by atoms with Gasteiger partial charge in [-0.15, -0.1) is 18.3 Å². The van der Waals surface area contributed by atoms with Gasteiger partial charge in [-0.05, 0) is 29.8 Å². The zero-order valence-corrected chi connectivity index (χ0v) is 13.7. The van der Waals surface area contributed by atoms with E-state index in [-0.39, 0.29) is 18.8 Å². The van der Waals surface area contributed by atoms with Crippen LogP contribution in [0.25, 0.3) is 10.9 Å². The van der Waals surface area contributed by atoms with Crippen LogP contribution in [-0.4, -0.2) is 27.3 Å². The SMILES string of the molecule is O=C(Cn1nnc2ccccc2c1=O)NCc1ccc(OC(F)(F)F)cc1. The largest absolute Gasteiger partial charge is 0.573 e. The highest BCUT2D eigenvalue weighted by Crippen LogP contribution is 2.22. The van der Waals surface area contributed by atoms with Crippen molar-refractivity contribution in [2.24, 2.45) is 0 Å². The van der Waals surface area contributed by atoms with Crippen LogP contribution in [0.1, 0.15) is 5.56 Å². The van der Waals surface area contributed by atoms with Gasteiger partial charge in [0.2, 0.25) is 5.91 Å². The zero-order chi connectivity index (χ0) is 19.4. The van der Waals surface area contributed by atoms with E-state index in [1.54, 1.807) is 24.3 Å². The second-order valence-electron chi connectivity index (χ2n) is 5.54. The molecule has 0 aliphatic heterocycles. The highest BCUT2D eigenvalue weighted by molar-refractivity contribution is 5.78. The summed E-state index contributed by atoms with van der Waals surface area (Å²) in [7, 11) is 0. The van der Waals surface area contributed by atoms with Crippen LogP contribution in [0.5, 0.6) is 5.75 Å². The first-order valence-electron chi connectivity index (χ1n) is 7.76. The fraction of sp³-hybridized carbons (Fsp3) is 0.176. The topological polar surface area (TPSA) is 86.1 Å². The molecule has 1 amide bonds. The van der Waals surface area contributed by atoms with Crippen LogP contribution in [0.4, 0.5) is 13.2 Å². The first-order chi connectivity index (χ1) is 12.8. The lowest BCUT2D eigenvalue weighted by Crippen LogP contribution is -2.34. The second kappa shape index (κ2) is 7.44. The molecule has 0 fully saturated rings. The molecule has 7 nitrogen and oxygen atoms in total. The number of nitrogens with one attached hydrogen (secondary N) is 1. The number of amides is 1. The Kier molecular flexibility index (Phi) is 5.06. The van der Waals surface area contributed by atoms with Crippen molar-refractivity contribution in [3.05, 3.63) is 64.4 Å². The van der Waals surface area contributed by atoms with Crippen molar-refractivity contribution in [3.8, 4) is 5.75 Å². The predicted octanol–water partition coefficient (Wildman–Crippen LogP) is 2.01. The maximum absolute atomic E-state index is 12.3. The molecule has 1 N–H and O–H groups in total. The molecule has 1 heterocycles. The monoisotopic (exact) mass is 378 g/mol. The number of fused-ring (bicyclic) bond motifs is 1. The van der Waals surface area contributed by atoms with Gasteiger partial charge in [0.25, 0.3) is 5.56 Å². The fourth-order valence-corrected chi connectivity index (χ4v) is 2.33. The number of nitrogens with zero attached hydrogens (tertiary/aromatic N) is 3. The predicted molar refractivity (Wildman–Crippen MR) is 88.8 cm³/mol. The number of ether oxygens (including phenoxy) is 1. The molecule has 0 unspecified atom stereocenters. The molecule has 0 aliphatic rings. The summed E-state index contributed by atoms with van der Waals surface area (Å²) < 4.78 is 41.1. The fourth-order valence-electron chi connectivity index (χ4n) is 2.33. The summed E-state index contributed by atoms with van der Waals surface area (Å²) in [5.74, 6) is -0.840. The van der Waals surface area contributed by atoms with Crippen LogP contribution in [0.3, 0.4) is 0 Å². The molecule has 3 aromatic rings. The van der Waals surface area contributed by atoms with Gasteiger partial charge in [-0.1, -0.05) is 29.5 Å². The Morgan fingerprint density at radius 2 is 1.81 bits per heavy atom. The quantitative estimate of drug-likeness (QED) is 0.734. The summed E-state index contributed by atoms with van der Waals surface area (Å²) in [6.07, 6.45) is -4.76. The van der Waals surface area contributed by atoms with Gasteiger partial charge in [-0.2, -0.15) is 0 Å². The van der Waals surface area contributed by atoms with Gasteiger partial charge in [0.15, 0.2) is 0 Å². The molecular formula is C17H13F3N4O3. The van der Waals surface area contributed by atoms with Crippen molar-refractivity contribution in [2.45, 2.75) is 19.5 Å². The van der Waals surface area contributed by atoms with Crippen LogP contribution in [-0.2, 0) is 17.9 Å². The highest BCUT2D eigenvalue weighted by Gasteiger charge is 2.30. The minimum atomic E-state index is -4.76. The minimum absolute atomic E-state index is 0.0703. The Labute approximate surface area is 150 Å². The summed E-state index contributed by atoms with van der Waals surface area (Å²) in [4.78, 5) is 24.3. The van der Waals surface area contributed by atoms with Crippen LogP contribution in [0, 0.1) is 0 Å². The molecule has 0 spiro atoms. The number of alkyl halides is 3. The number of aromatic nitrogens is 3. The normalized spacial score (nSPS) is 11.4. The van der Waals surface area contributed by atoms with Crippen molar-refractivity contribution < 1.29 is 22.7 Å². The van der Waals surface area contributed by atoms with Gasteiger partial charge >= 0.3 is 6.36 Å². The van der Waals surface area contributed by atoms with Crippen LogP contribution < -0.4 is 15.6 Å². The van der Waals surface area contributed by atoms with Gasteiger partial charge in [-0.3, -0.25) is 9.59 Å². The van der Waals surface area contributed by atoms with Crippen molar-refractivity contribution in [1.82, 2.24) is 20.3 Å². The maximum atomic E-state index is 12.3. The standard InChI is InChI=1S/C17H13F3N4O3/c18-17(19,20)27-12-7-5-11(6-8-12)9-21-15(25)10-24-16(26)13-3-1-2-4-14(13)22-23-24/h1-8H,9-10H2,(H,21,25). The first-order valence-corrected chi connectivity index (χ1v) is 7.76. The van der Waals surface area contributed by atoms with E-state index in [4.69, 9.17) is 0 Å². The molecule has 0 atom stereocenters. The van der Waals surface area contributed by atoms with Crippen molar-refractivity contribution >= 4 is 16.8 Å². The van der Waals surface area contributed by atoms with Crippen LogP contribution in [0.2, 0.25) is 0 Å². The van der Waals surface area contributed by atoms with E-state index in [1.165, 1.54) is 12.1 Å². The van der Waals surface area contributed by atoms with Gasteiger partial charge in [0.1, 0.15) is 17.8 Å². The minimum Gasteiger partial charge on any atom is -0.406 e. The molecule has 0 bridgehead atoms. The van der Waals surface area contributed by atoms with Gasteiger partial charge in [0.05, 0.1) is 5.39 Å². The smallest absolute Gasteiger partial charge is 0.406 e. The van der Waals surface area contributed by atoms with E-state index < -0.39 is 17.8 Å². The van der Waals surface area contributed by atoms with Crippen LogP contribution in [0.15, 0.2) is 53.3 Å². The molecule has 0 radical (unpaired) electrons. The Morgan fingerprint density at radius 1 is 1.11 bits per heavy atom. The third-order valence-electron chi connectivity index (χ3n) is 3.57. The van der Waals surface area contributed by atoms with Gasteiger partial charge in [0, 0.05) is 6.54 Å². The summed E-state index contributed by atoms with van der Waals surface area (Å²) in [5.41, 5.74) is 0.555. The van der Waals surface area contributed by atoms with Crippen molar-refractivity contribution in [1.29, 1.82) is 0 Å². The number of hydrogen-bond donors (Lipinski definition) is 1. The Hall–Kier alpha value is -3.43. The molecule has 10 heteroatoms. The van der Waals surface area contributed by atoms with Crippen molar-refractivity contribution in [2.75, 3.05) is 0 Å².